The normalized spacial score (nSPS) is 11.1. The van der Waals surface area contributed by atoms with Gasteiger partial charge in [-0.2, -0.15) is 5.26 Å². The predicted molar refractivity (Wildman–Crippen MR) is 43.9 cm³/mol. The summed E-state index contributed by atoms with van der Waals surface area (Å²) < 4.78 is 5.14. The number of hydrogen-bond donors (Lipinski definition) is 1. The minimum absolute atomic E-state index is 0.269. The topological polar surface area (TPSA) is 59.0 Å². The Balaban J connectivity index is 3.32. The summed E-state index contributed by atoms with van der Waals surface area (Å²) in [6, 6.07) is 2.21. The average Bonchev–Trinajstić information content (AvgIpc) is 1.99. The first-order valence-corrected chi connectivity index (χ1v) is 3.81. The third-order valence-electron chi connectivity index (χ3n) is 1.44. The molecule has 0 radical (unpaired) electrons. The maximum Gasteiger partial charge on any atom is 0.0684 e. The van der Waals surface area contributed by atoms with E-state index in [0.29, 0.717) is 19.8 Å². The molecule has 0 saturated carbocycles. The maximum absolute atomic E-state index is 8.62. The van der Waals surface area contributed by atoms with Crippen molar-refractivity contribution in [2.75, 3.05) is 19.8 Å². The summed E-state index contributed by atoms with van der Waals surface area (Å²) in [4.78, 5) is 0. The Morgan fingerprint density at radius 1 is 1.45 bits per heavy atom. The Labute approximate surface area is 68.1 Å². The van der Waals surface area contributed by atoms with Crippen LogP contribution in [0.1, 0.15) is 20.3 Å². The smallest absolute Gasteiger partial charge is 0.0684 e. The van der Waals surface area contributed by atoms with Crippen LogP contribution in [0.3, 0.4) is 0 Å². The quantitative estimate of drug-likeness (QED) is 0.602. The van der Waals surface area contributed by atoms with Crippen LogP contribution in [0.25, 0.3) is 0 Å². The van der Waals surface area contributed by atoms with Gasteiger partial charge in [-0.3, -0.25) is 0 Å². The van der Waals surface area contributed by atoms with Gasteiger partial charge in [0.25, 0.3) is 0 Å². The highest BCUT2D eigenvalue weighted by Gasteiger charge is 2.15. The molecule has 3 heteroatoms. The van der Waals surface area contributed by atoms with Gasteiger partial charge in [-0.15, -0.1) is 0 Å². The van der Waals surface area contributed by atoms with Crippen molar-refractivity contribution in [1.82, 2.24) is 0 Å². The third kappa shape index (κ3) is 5.84. The van der Waals surface area contributed by atoms with E-state index in [1.807, 2.05) is 13.8 Å². The van der Waals surface area contributed by atoms with Gasteiger partial charge < -0.3 is 10.5 Å². The minimum atomic E-state index is -0.269. The number of nitrogens with two attached hydrogens (primary N) is 1. The fourth-order valence-corrected chi connectivity index (χ4v) is 0.569. The van der Waals surface area contributed by atoms with Gasteiger partial charge in [-0.25, -0.2) is 0 Å². The lowest BCUT2D eigenvalue weighted by Crippen LogP contribution is -2.14. The molecule has 0 aliphatic carbocycles. The zero-order valence-corrected chi connectivity index (χ0v) is 7.26. The van der Waals surface area contributed by atoms with Crippen LogP contribution in [0.4, 0.5) is 0 Å². The Bertz CT molecular complexity index is 138. The summed E-state index contributed by atoms with van der Waals surface area (Å²) in [5, 5.41) is 8.62. The molecule has 0 aliphatic rings. The summed E-state index contributed by atoms with van der Waals surface area (Å²) in [6.45, 7) is 5.56. The average molecular weight is 156 g/mol. The van der Waals surface area contributed by atoms with Crippen LogP contribution in [-0.2, 0) is 4.74 Å². The molecule has 0 saturated heterocycles. The summed E-state index contributed by atoms with van der Waals surface area (Å²) in [5.74, 6) is 0. The largest absolute Gasteiger partial charge is 0.380 e. The van der Waals surface area contributed by atoms with Crippen molar-refractivity contribution in [3.8, 4) is 6.07 Å². The van der Waals surface area contributed by atoms with E-state index < -0.39 is 0 Å². The fourth-order valence-electron chi connectivity index (χ4n) is 0.569. The molecule has 64 valence electrons. The Kier molecular flexibility index (Phi) is 4.84. The molecule has 0 spiro atoms. The van der Waals surface area contributed by atoms with Gasteiger partial charge in [0.2, 0.25) is 0 Å². The summed E-state index contributed by atoms with van der Waals surface area (Å²) in [5.41, 5.74) is 4.95. The highest BCUT2D eigenvalue weighted by atomic mass is 16.5. The summed E-state index contributed by atoms with van der Waals surface area (Å²) in [7, 11) is 0. The van der Waals surface area contributed by atoms with E-state index in [4.69, 9.17) is 15.7 Å². The summed E-state index contributed by atoms with van der Waals surface area (Å²) in [6.07, 6.45) is 0.767. The van der Waals surface area contributed by atoms with E-state index in [2.05, 4.69) is 6.07 Å². The highest BCUT2D eigenvalue weighted by Crippen LogP contribution is 2.17. The van der Waals surface area contributed by atoms with E-state index in [1.165, 1.54) is 0 Å². The molecule has 0 unspecified atom stereocenters. The van der Waals surface area contributed by atoms with Crippen molar-refractivity contribution in [1.29, 1.82) is 5.26 Å². The number of nitriles is 1. The number of hydrogen-bond acceptors (Lipinski definition) is 3. The second-order valence-electron chi connectivity index (χ2n) is 3.15. The fraction of sp³-hybridized carbons (Fsp3) is 0.875. The Hall–Kier alpha value is -0.590. The lowest BCUT2D eigenvalue weighted by Gasteiger charge is -2.13. The van der Waals surface area contributed by atoms with Crippen molar-refractivity contribution in [2.45, 2.75) is 20.3 Å². The van der Waals surface area contributed by atoms with Crippen LogP contribution in [0.2, 0.25) is 0 Å². The lowest BCUT2D eigenvalue weighted by atomic mass is 9.92. The van der Waals surface area contributed by atoms with Crippen molar-refractivity contribution in [3.05, 3.63) is 0 Å². The molecule has 0 bridgehead atoms. The standard InChI is InChI=1S/C8H16N2O/c1-8(2,7-10)3-5-11-6-4-9/h3-6,9H2,1-2H3. The van der Waals surface area contributed by atoms with E-state index >= 15 is 0 Å². The van der Waals surface area contributed by atoms with Crippen LogP contribution in [0, 0.1) is 16.7 Å². The predicted octanol–water partition coefficient (Wildman–Crippen LogP) is 0.902. The third-order valence-corrected chi connectivity index (χ3v) is 1.44. The van der Waals surface area contributed by atoms with Gasteiger partial charge in [-0.1, -0.05) is 0 Å². The lowest BCUT2D eigenvalue weighted by molar-refractivity contribution is 0.121. The molecule has 0 atom stereocenters. The van der Waals surface area contributed by atoms with Crippen LogP contribution >= 0.6 is 0 Å². The molecule has 3 nitrogen and oxygen atoms in total. The van der Waals surface area contributed by atoms with Gasteiger partial charge in [0.05, 0.1) is 18.1 Å². The molecule has 0 fully saturated rings. The molecule has 2 N–H and O–H groups in total. The van der Waals surface area contributed by atoms with E-state index in [1.54, 1.807) is 0 Å². The monoisotopic (exact) mass is 156 g/mol. The molecule has 0 aromatic rings. The molecule has 0 aromatic heterocycles. The molecular weight excluding hydrogens is 140 g/mol. The molecule has 0 rings (SSSR count). The van der Waals surface area contributed by atoms with Gasteiger partial charge in [0, 0.05) is 13.2 Å². The summed E-state index contributed by atoms with van der Waals surface area (Å²) >= 11 is 0. The molecule has 0 heterocycles. The van der Waals surface area contributed by atoms with Gasteiger partial charge in [0.1, 0.15) is 0 Å². The van der Waals surface area contributed by atoms with Crippen LogP contribution in [0.5, 0.6) is 0 Å². The SMILES string of the molecule is CC(C)(C#N)CCOCCN. The highest BCUT2D eigenvalue weighted by molar-refractivity contribution is 4.91. The van der Waals surface area contributed by atoms with Crippen molar-refractivity contribution in [3.63, 3.8) is 0 Å². The molecular formula is C8H16N2O. The zero-order chi connectivity index (χ0) is 8.74. The first-order chi connectivity index (χ1) is 5.12. The number of rotatable bonds is 5. The van der Waals surface area contributed by atoms with E-state index in [9.17, 15) is 0 Å². The minimum Gasteiger partial charge on any atom is -0.380 e. The van der Waals surface area contributed by atoms with Crippen molar-refractivity contribution < 1.29 is 4.74 Å². The van der Waals surface area contributed by atoms with Crippen LogP contribution in [-0.4, -0.2) is 19.8 Å². The van der Waals surface area contributed by atoms with Gasteiger partial charge in [0.15, 0.2) is 0 Å². The molecule has 11 heavy (non-hydrogen) atoms. The van der Waals surface area contributed by atoms with Gasteiger partial charge in [-0.05, 0) is 20.3 Å². The Morgan fingerprint density at radius 2 is 2.09 bits per heavy atom. The van der Waals surface area contributed by atoms with Gasteiger partial charge >= 0.3 is 0 Å². The maximum atomic E-state index is 8.62. The Morgan fingerprint density at radius 3 is 2.55 bits per heavy atom. The molecule has 0 amide bonds. The first kappa shape index (κ1) is 10.4. The van der Waals surface area contributed by atoms with Crippen molar-refractivity contribution >= 4 is 0 Å². The van der Waals surface area contributed by atoms with Crippen LogP contribution < -0.4 is 5.73 Å². The van der Waals surface area contributed by atoms with Crippen LogP contribution in [0.15, 0.2) is 0 Å². The first-order valence-electron chi connectivity index (χ1n) is 3.81. The molecule has 0 aliphatic heterocycles. The van der Waals surface area contributed by atoms with E-state index in [0.717, 1.165) is 6.42 Å². The second-order valence-corrected chi connectivity index (χ2v) is 3.15. The molecule has 0 aromatic carbocycles. The number of ether oxygens (including phenoxy) is 1. The zero-order valence-electron chi connectivity index (χ0n) is 7.26. The number of nitrogens with zero attached hydrogens (tertiary/aromatic N) is 1. The second kappa shape index (κ2) is 5.11. The van der Waals surface area contributed by atoms with E-state index in [-0.39, 0.29) is 5.41 Å². The van der Waals surface area contributed by atoms with Crippen molar-refractivity contribution in [2.24, 2.45) is 11.1 Å².